The molecule has 0 radical (unpaired) electrons. The maximum Gasteiger partial charge on any atom is 0.0622 e. The first-order valence-corrected chi connectivity index (χ1v) is 4.56. The van der Waals surface area contributed by atoms with Crippen LogP contribution in [0, 0.1) is 0 Å². The summed E-state index contributed by atoms with van der Waals surface area (Å²) in [5, 5.41) is 0.237. The molecule has 66 valence electrons. The molecule has 0 aromatic carbocycles. The Morgan fingerprint density at radius 2 is 2.45 bits per heavy atom. The third kappa shape index (κ3) is 2.97. The SMILES string of the molecule is CC(Cl)CN(C)C1CCOC1. The van der Waals surface area contributed by atoms with Crippen molar-refractivity contribution < 1.29 is 4.74 Å². The summed E-state index contributed by atoms with van der Waals surface area (Å²) >= 11 is 5.87. The fraction of sp³-hybridized carbons (Fsp3) is 1.00. The average Bonchev–Trinajstić information content (AvgIpc) is 2.35. The minimum Gasteiger partial charge on any atom is -0.380 e. The van der Waals surface area contributed by atoms with Crippen LogP contribution in [-0.4, -0.2) is 43.1 Å². The second-order valence-electron chi connectivity index (χ2n) is 3.24. The van der Waals surface area contributed by atoms with Gasteiger partial charge in [0.2, 0.25) is 0 Å². The molecule has 2 unspecified atom stereocenters. The molecule has 0 amide bonds. The summed E-state index contributed by atoms with van der Waals surface area (Å²) in [6, 6.07) is 0.594. The maximum atomic E-state index is 5.87. The van der Waals surface area contributed by atoms with E-state index in [1.54, 1.807) is 0 Å². The van der Waals surface area contributed by atoms with E-state index in [-0.39, 0.29) is 5.38 Å². The Labute approximate surface area is 73.5 Å². The van der Waals surface area contributed by atoms with E-state index in [9.17, 15) is 0 Å². The van der Waals surface area contributed by atoms with Gasteiger partial charge in [-0.1, -0.05) is 0 Å². The zero-order chi connectivity index (χ0) is 8.27. The fourth-order valence-electron chi connectivity index (χ4n) is 1.42. The molecule has 1 heterocycles. The van der Waals surface area contributed by atoms with Crippen LogP contribution in [0.2, 0.25) is 0 Å². The van der Waals surface area contributed by atoms with E-state index < -0.39 is 0 Å². The van der Waals surface area contributed by atoms with Gasteiger partial charge in [0.05, 0.1) is 6.61 Å². The van der Waals surface area contributed by atoms with Gasteiger partial charge in [-0.25, -0.2) is 0 Å². The van der Waals surface area contributed by atoms with Gasteiger partial charge < -0.3 is 4.74 Å². The summed E-state index contributed by atoms with van der Waals surface area (Å²) in [6.45, 7) is 4.76. The molecule has 1 aliphatic heterocycles. The van der Waals surface area contributed by atoms with Crippen molar-refractivity contribution in [2.24, 2.45) is 0 Å². The maximum absolute atomic E-state index is 5.87. The van der Waals surface area contributed by atoms with Crippen LogP contribution in [0.25, 0.3) is 0 Å². The zero-order valence-corrected chi connectivity index (χ0v) is 7.97. The van der Waals surface area contributed by atoms with Gasteiger partial charge in [0.25, 0.3) is 0 Å². The highest BCUT2D eigenvalue weighted by molar-refractivity contribution is 6.20. The molecule has 11 heavy (non-hydrogen) atoms. The number of halogens is 1. The Kier molecular flexibility index (Phi) is 3.63. The molecule has 0 aliphatic carbocycles. The van der Waals surface area contributed by atoms with Crippen LogP contribution in [0.3, 0.4) is 0 Å². The van der Waals surface area contributed by atoms with Crippen LogP contribution in [0.1, 0.15) is 13.3 Å². The van der Waals surface area contributed by atoms with E-state index in [1.807, 2.05) is 6.92 Å². The molecule has 0 bridgehead atoms. The van der Waals surface area contributed by atoms with E-state index in [0.29, 0.717) is 6.04 Å². The Bertz CT molecular complexity index is 113. The van der Waals surface area contributed by atoms with Gasteiger partial charge in [-0.15, -0.1) is 11.6 Å². The zero-order valence-electron chi connectivity index (χ0n) is 7.22. The predicted octanol–water partition coefficient (Wildman–Crippen LogP) is 1.33. The molecule has 0 N–H and O–H groups in total. The van der Waals surface area contributed by atoms with E-state index >= 15 is 0 Å². The Balaban J connectivity index is 2.22. The van der Waals surface area contributed by atoms with Gasteiger partial charge in [0.15, 0.2) is 0 Å². The second-order valence-corrected chi connectivity index (χ2v) is 3.98. The highest BCUT2D eigenvalue weighted by Crippen LogP contribution is 2.11. The molecule has 1 aliphatic rings. The third-order valence-electron chi connectivity index (χ3n) is 2.07. The van der Waals surface area contributed by atoms with Crippen molar-refractivity contribution in [3.63, 3.8) is 0 Å². The summed E-state index contributed by atoms with van der Waals surface area (Å²) in [7, 11) is 2.11. The molecule has 0 aromatic rings. The van der Waals surface area contributed by atoms with Crippen molar-refractivity contribution in [2.75, 3.05) is 26.8 Å². The highest BCUT2D eigenvalue weighted by Gasteiger charge is 2.20. The lowest BCUT2D eigenvalue weighted by Gasteiger charge is -2.23. The Hall–Kier alpha value is 0.210. The topological polar surface area (TPSA) is 12.5 Å². The summed E-state index contributed by atoms with van der Waals surface area (Å²) in [5.41, 5.74) is 0. The molecule has 2 nitrogen and oxygen atoms in total. The van der Waals surface area contributed by atoms with Crippen LogP contribution >= 0.6 is 11.6 Å². The molecule has 0 spiro atoms. The van der Waals surface area contributed by atoms with Crippen molar-refractivity contribution in [1.29, 1.82) is 0 Å². The lowest BCUT2D eigenvalue weighted by atomic mass is 10.2. The summed E-state index contributed by atoms with van der Waals surface area (Å²) < 4.78 is 5.28. The molecule has 2 atom stereocenters. The van der Waals surface area contributed by atoms with Gasteiger partial charge in [-0.3, -0.25) is 4.90 Å². The largest absolute Gasteiger partial charge is 0.380 e. The molecule has 0 saturated carbocycles. The summed E-state index contributed by atoms with van der Waals surface area (Å²) in [5.74, 6) is 0. The van der Waals surface area contributed by atoms with Crippen molar-refractivity contribution in [2.45, 2.75) is 24.8 Å². The lowest BCUT2D eigenvalue weighted by molar-refractivity contribution is 0.160. The van der Waals surface area contributed by atoms with E-state index in [0.717, 1.165) is 26.2 Å². The number of ether oxygens (including phenoxy) is 1. The lowest BCUT2D eigenvalue weighted by Crippen LogP contribution is -2.35. The first-order valence-electron chi connectivity index (χ1n) is 4.12. The molecule has 3 heteroatoms. The van der Waals surface area contributed by atoms with Crippen molar-refractivity contribution in [3.05, 3.63) is 0 Å². The second kappa shape index (κ2) is 4.29. The van der Waals surface area contributed by atoms with Gasteiger partial charge in [0.1, 0.15) is 0 Å². The number of nitrogens with zero attached hydrogens (tertiary/aromatic N) is 1. The van der Waals surface area contributed by atoms with E-state index in [1.165, 1.54) is 0 Å². The number of alkyl halides is 1. The molecular weight excluding hydrogens is 162 g/mol. The molecule has 1 saturated heterocycles. The third-order valence-corrected chi connectivity index (χ3v) is 2.21. The summed E-state index contributed by atoms with van der Waals surface area (Å²) in [4.78, 5) is 2.28. The van der Waals surface area contributed by atoms with Crippen LogP contribution in [0.5, 0.6) is 0 Å². The predicted molar refractivity (Wildman–Crippen MR) is 47.2 cm³/mol. The first kappa shape index (κ1) is 9.30. The Morgan fingerprint density at radius 1 is 1.73 bits per heavy atom. The van der Waals surface area contributed by atoms with Crippen molar-refractivity contribution in [3.8, 4) is 0 Å². The van der Waals surface area contributed by atoms with Crippen LogP contribution in [0.4, 0.5) is 0 Å². The summed E-state index contributed by atoms with van der Waals surface area (Å²) in [6.07, 6.45) is 1.15. The smallest absolute Gasteiger partial charge is 0.0622 e. The van der Waals surface area contributed by atoms with Crippen LogP contribution in [-0.2, 0) is 4.74 Å². The molecule has 1 fully saturated rings. The standard InChI is InChI=1S/C8H16ClNO/c1-7(9)5-10(2)8-3-4-11-6-8/h7-8H,3-6H2,1-2H3. The number of hydrogen-bond acceptors (Lipinski definition) is 2. The van der Waals surface area contributed by atoms with E-state index in [2.05, 4.69) is 11.9 Å². The van der Waals surface area contributed by atoms with Crippen molar-refractivity contribution in [1.82, 2.24) is 4.90 Å². The number of likely N-dealkylation sites (N-methyl/N-ethyl adjacent to an activating group) is 1. The normalized spacial score (nSPS) is 27.8. The van der Waals surface area contributed by atoms with Gasteiger partial charge in [-0.2, -0.15) is 0 Å². The van der Waals surface area contributed by atoms with Gasteiger partial charge >= 0.3 is 0 Å². The average molecular weight is 178 g/mol. The molecule has 0 aromatic heterocycles. The number of rotatable bonds is 3. The Morgan fingerprint density at radius 3 is 2.91 bits per heavy atom. The first-order chi connectivity index (χ1) is 5.20. The highest BCUT2D eigenvalue weighted by atomic mass is 35.5. The minimum absolute atomic E-state index is 0.237. The number of hydrogen-bond donors (Lipinski definition) is 0. The molecule has 1 rings (SSSR count). The quantitative estimate of drug-likeness (QED) is 0.604. The van der Waals surface area contributed by atoms with Gasteiger partial charge in [-0.05, 0) is 20.4 Å². The van der Waals surface area contributed by atoms with Crippen LogP contribution < -0.4 is 0 Å². The minimum atomic E-state index is 0.237. The van der Waals surface area contributed by atoms with Crippen molar-refractivity contribution >= 4 is 11.6 Å². The monoisotopic (exact) mass is 177 g/mol. The van der Waals surface area contributed by atoms with Gasteiger partial charge in [0, 0.05) is 24.6 Å². The van der Waals surface area contributed by atoms with Crippen LogP contribution in [0.15, 0.2) is 0 Å². The molecular formula is C8H16ClNO. The van der Waals surface area contributed by atoms with E-state index in [4.69, 9.17) is 16.3 Å². The fourth-order valence-corrected chi connectivity index (χ4v) is 1.63.